The molecule has 4 aromatic heterocycles. The van der Waals surface area contributed by atoms with E-state index in [1.54, 1.807) is 31.2 Å². The van der Waals surface area contributed by atoms with E-state index >= 15 is 0 Å². The van der Waals surface area contributed by atoms with Gasteiger partial charge in [0.05, 0.1) is 11.2 Å². The summed E-state index contributed by atoms with van der Waals surface area (Å²) in [6.07, 6.45) is -1.34. The third-order valence-electron chi connectivity index (χ3n) is 5.09. The van der Waals surface area contributed by atoms with Crippen LogP contribution in [-0.4, -0.2) is 29.8 Å². The molecule has 0 aliphatic carbocycles. The average molecular weight is 459 g/mol. The summed E-state index contributed by atoms with van der Waals surface area (Å²) < 4.78 is 43.0. The number of fused-ring (bicyclic) bond motifs is 1. The minimum absolute atomic E-state index is 0.00640. The summed E-state index contributed by atoms with van der Waals surface area (Å²) in [5.41, 5.74) is 0.405. The number of hydrogen-bond acceptors (Lipinski definition) is 5. The van der Waals surface area contributed by atoms with Crippen molar-refractivity contribution in [2.24, 2.45) is 7.05 Å². The molecule has 166 valence electrons. The molecule has 0 fully saturated rings. The van der Waals surface area contributed by atoms with Crippen LogP contribution >= 0.6 is 11.8 Å². The first-order valence-corrected chi connectivity index (χ1v) is 11.0. The second-order valence-corrected chi connectivity index (χ2v) is 8.32. The van der Waals surface area contributed by atoms with E-state index < -0.39 is 17.4 Å². The minimum Gasteiger partial charge on any atom is -0.321 e. The number of pyridine rings is 3. The van der Waals surface area contributed by atoms with Crippen LogP contribution in [-0.2, 0) is 19.8 Å². The number of halogens is 3. The summed E-state index contributed by atoms with van der Waals surface area (Å²) in [4.78, 5) is 27.0. The van der Waals surface area contributed by atoms with Gasteiger partial charge in [0.25, 0.3) is 5.56 Å². The highest BCUT2D eigenvalue weighted by atomic mass is 32.2. The van der Waals surface area contributed by atoms with Gasteiger partial charge in [-0.1, -0.05) is 6.92 Å². The van der Waals surface area contributed by atoms with Crippen molar-refractivity contribution in [3.8, 4) is 22.8 Å². The molecule has 0 N–H and O–H groups in total. The molecule has 0 amide bonds. The van der Waals surface area contributed by atoms with Crippen molar-refractivity contribution in [2.75, 3.05) is 5.75 Å². The van der Waals surface area contributed by atoms with E-state index in [2.05, 4.69) is 9.97 Å². The Morgan fingerprint density at radius 1 is 1.06 bits per heavy atom. The minimum atomic E-state index is -4.66. The Hall–Kier alpha value is -3.14. The van der Waals surface area contributed by atoms with Crippen LogP contribution in [0.5, 0.6) is 0 Å². The zero-order valence-electron chi connectivity index (χ0n) is 17.6. The summed E-state index contributed by atoms with van der Waals surface area (Å²) >= 11 is 1.55. The monoisotopic (exact) mass is 459 g/mol. The van der Waals surface area contributed by atoms with Crippen LogP contribution in [0.15, 0.2) is 52.4 Å². The molecular formula is C22H20F3N5OS. The fourth-order valence-electron chi connectivity index (χ4n) is 3.64. The molecule has 6 nitrogen and oxygen atoms in total. The van der Waals surface area contributed by atoms with Crippen LogP contribution in [0.2, 0.25) is 0 Å². The van der Waals surface area contributed by atoms with Gasteiger partial charge in [-0.15, -0.1) is 11.8 Å². The van der Waals surface area contributed by atoms with Gasteiger partial charge in [0.2, 0.25) is 0 Å². The third-order valence-corrected chi connectivity index (χ3v) is 6.02. The van der Waals surface area contributed by atoms with Gasteiger partial charge in [-0.2, -0.15) is 13.2 Å². The largest absolute Gasteiger partial charge is 0.431 e. The van der Waals surface area contributed by atoms with Gasteiger partial charge < -0.3 is 9.13 Å². The molecule has 0 bridgehead atoms. The summed E-state index contributed by atoms with van der Waals surface area (Å²) in [5.74, 6) is 1.11. The molecule has 4 rings (SSSR count). The Labute approximate surface area is 186 Å². The van der Waals surface area contributed by atoms with E-state index in [0.717, 1.165) is 26.8 Å². The topological polar surface area (TPSA) is 65.6 Å². The number of hydrogen-bond donors (Lipinski definition) is 0. The highest BCUT2D eigenvalue weighted by Crippen LogP contribution is 2.34. The molecule has 0 atom stereocenters. The van der Waals surface area contributed by atoms with Crippen LogP contribution in [0.4, 0.5) is 13.2 Å². The van der Waals surface area contributed by atoms with Gasteiger partial charge in [-0.25, -0.2) is 9.97 Å². The summed E-state index contributed by atoms with van der Waals surface area (Å²) in [5, 5.41) is 0. The van der Waals surface area contributed by atoms with Crippen molar-refractivity contribution in [1.82, 2.24) is 24.1 Å². The van der Waals surface area contributed by atoms with Gasteiger partial charge >= 0.3 is 6.18 Å². The lowest BCUT2D eigenvalue weighted by molar-refractivity contribution is -0.144. The lowest BCUT2D eigenvalue weighted by atomic mass is 10.1. The number of nitrogens with zero attached hydrogens (tertiary/aromatic N) is 5. The number of aromatic nitrogens is 5. The van der Waals surface area contributed by atoms with E-state index in [1.807, 2.05) is 31.2 Å². The first-order valence-electron chi connectivity index (χ1n) is 9.98. The molecule has 4 heterocycles. The molecule has 0 radical (unpaired) electrons. The summed E-state index contributed by atoms with van der Waals surface area (Å²) in [7, 11) is 1.63. The van der Waals surface area contributed by atoms with Crippen molar-refractivity contribution >= 4 is 22.8 Å². The SMILES string of the molecule is CCSc1ccc(-c2ccncc2)nc1-c1nc2cc(C(F)(F)F)n(CC)c(=O)c2n1C. The molecule has 0 saturated carbocycles. The van der Waals surface area contributed by atoms with Crippen molar-refractivity contribution in [2.45, 2.75) is 31.5 Å². The predicted octanol–water partition coefficient (Wildman–Crippen LogP) is 5.01. The van der Waals surface area contributed by atoms with Gasteiger partial charge in [0.1, 0.15) is 16.9 Å². The number of alkyl halides is 3. The summed E-state index contributed by atoms with van der Waals surface area (Å²) in [6, 6.07) is 8.37. The quantitative estimate of drug-likeness (QED) is 0.393. The van der Waals surface area contributed by atoms with E-state index in [9.17, 15) is 18.0 Å². The van der Waals surface area contributed by atoms with Crippen LogP contribution in [0.3, 0.4) is 0 Å². The lowest BCUT2D eigenvalue weighted by Gasteiger charge is -2.14. The maximum atomic E-state index is 13.6. The van der Waals surface area contributed by atoms with Gasteiger partial charge in [0, 0.05) is 36.4 Å². The molecule has 0 unspecified atom stereocenters. The predicted molar refractivity (Wildman–Crippen MR) is 119 cm³/mol. The molecular weight excluding hydrogens is 439 g/mol. The molecule has 0 aromatic carbocycles. The highest BCUT2D eigenvalue weighted by Gasteiger charge is 2.35. The zero-order valence-corrected chi connectivity index (χ0v) is 18.5. The maximum absolute atomic E-state index is 13.6. The van der Waals surface area contributed by atoms with E-state index in [4.69, 9.17) is 4.98 Å². The smallest absolute Gasteiger partial charge is 0.321 e. The molecule has 0 aliphatic heterocycles. The Kier molecular flexibility index (Phi) is 5.81. The van der Waals surface area contributed by atoms with Crippen molar-refractivity contribution in [3.63, 3.8) is 0 Å². The fraction of sp³-hybridized carbons (Fsp3) is 0.273. The van der Waals surface area contributed by atoms with E-state index in [-0.39, 0.29) is 17.6 Å². The molecule has 10 heteroatoms. The first-order chi connectivity index (χ1) is 15.3. The zero-order chi connectivity index (χ0) is 23.0. The Morgan fingerprint density at radius 2 is 1.78 bits per heavy atom. The first kappa shape index (κ1) is 22.1. The van der Waals surface area contributed by atoms with Gasteiger partial charge in [0.15, 0.2) is 5.82 Å². The molecule has 0 saturated heterocycles. The van der Waals surface area contributed by atoms with E-state index in [1.165, 1.54) is 11.5 Å². The molecule has 0 spiro atoms. The van der Waals surface area contributed by atoms with E-state index in [0.29, 0.717) is 17.2 Å². The van der Waals surface area contributed by atoms with Crippen LogP contribution in [0.25, 0.3) is 33.8 Å². The standard InChI is InChI=1S/C22H20F3N5OS/c1-4-30-17(22(23,24)25)12-15-19(21(30)31)29(3)20(28-15)18-16(32-5-2)7-6-14(27-18)13-8-10-26-11-9-13/h6-12H,4-5H2,1-3H3. The number of rotatable bonds is 5. The Bertz CT molecular complexity index is 1350. The van der Waals surface area contributed by atoms with Crippen molar-refractivity contribution < 1.29 is 13.2 Å². The molecule has 0 aliphatic rings. The number of imidazole rings is 1. The average Bonchev–Trinajstić information content (AvgIpc) is 3.10. The number of aryl methyl sites for hydroxylation is 1. The van der Waals surface area contributed by atoms with Crippen LogP contribution < -0.4 is 5.56 Å². The summed E-state index contributed by atoms with van der Waals surface area (Å²) in [6.45, 7) is 3.40. The second kappa shape index (κ2) is 8.42. The third kappa shape index (κ3) is 3.79. The van der Waals surface area contributed by atoms with Crippen LogP contribution in [0.1, 0.15) is 19.5 Å². The maximum Gasteiger partial charge on any atom is 0.431 e. The second-order valence-electron chi connectivity index (χ2n) is 7.02. The van der Waals surface area contributed by atoms with Crippen molar-refractivity contribution in [3.05, 3.63) is 58.8 Å². The van der Waals surface area contributed by atoms with Gasteiger partial charge in [-0.05, 0) is 43.0 Å². The number of thioether (sulfide) groups is 1. The van der Waals surface area contributed by atoms with Gasteiger partial charge in [-0.3, -0.25) is 9.78 Å². The Morgan fingerprint density at radius 3 is 2.41 bits per heavy atom. The van der Waals surface area contributed by atoms with Crippen molar-refractivity contribution in [1.29, 1.82) is 0 Å². The molecule has 32 heavy (non-hydrogen) atoms. The lowest BCUT2D eigenvalue weighted by Crippen LogP contribution is -2.28. The van der Waals surface area contributed by atoms with Crippen LogP contribution in [0, 0.1) is 0 Å². The molecule has 4 aromatic rings. The Balaban J connectivity index is 2.00. The highest BCUT2D eigenvalue weighted by molar-refractivity contribution is 7.99. The fourth-order valence-corrected chi connectivity index (χ4v) is 4.39. The normalized spacial score (nSPS) is 11.9.